The van der Waals surface area contributed by atoms with Gasteiger partial charge >= 0.3 is 5.97 Å². The largest absolute Gasteiger partial charge is 0.480 e. The second kappa shape index (κ2) is 7.03. The molecule has 0 aromatic heterocycles. The first-order valence-electron chi connectivity index (χ1n) is 8.00. The molecule has 0 spiro atoms. The lowest BCUT2D eigenvalue weighted by atomic mass is 9.89. The molecule has 2 N–H and O–H groups in total. The van der Waals surface area contributed by atoms with Crippen molar-refractivity contribution in [2.75, 3.05) is 13.2 Å². The lowest BCUT2D eigenvalue weighted by molar-refractivity contribution is -0.148. The molecule has 0 atom stereocenters. The summed E-state index contributed by atoms with van der Waals surface area (Å²) in [6.45, 7) is 0.588. The van der Waals surface area contributed by atoms with Gasteiger partial charge in [0.05, 0.1) is 0 Å². The molecule has 0 radical (unpaired) electrons. The Hall–Kier alpha value is -2.73. The van der Waals surface area contributed by atoms with Gasteiger partial charge in [-0.25, -0.2) is 9.18 Å². The second-order valence-corrected chi connectivity index (χ2v) is 6.04. The first-order chi connectivity index (χ1) is 12.0. The van der Waals surface area contributed by atoms with E-state index in [1.165, 1.54) is 12.1 Å². The zero-order valence-corrected chi connectivity index (χ0v) is 13.5. The fourth-order valence-corrected chi connectivity index (χ4v) is 2.88. The monoisotopic (exact) mass is 343 g/mol. The van der Waals surface area contributed by atoms with Crippen LogP contribution in [0.3, 0.4) is 0 Å². The Morgan fingerprint density at radius 3 is 2.36 bits per heavy atom. The van der Waals surface area contributed by atoms with Crippen molar-refractivity contribution in [2.24, 2.45) is 0 Å². The summed E-state index contributed by atoms with van der Waals surface area (Å²) in [4.78, 5) is 24.2. The normalized spacial score (nSPS) is 16.2. The van der Waals surface area contributed by atoms with Gasteiger partial charge < -0.3 is 15.2 Å². The van der Waals surface area contributed by atoms with Gasteiger partial charge in [0, 0.05) is 31.6 Å². The average molecular weight is 343 g/mol. The van der Waals surface area contributed by atoms with E-state index < -0.39 is 17.4 Å². The Balaban J connectivity index is 1.83. The Kier molecular flexibility index (Phi) is 4.81. The van der Waals surface area contributed by atoms with E-state index in [4.69, 9.17) is 4.74 Å². The van der Waals surface area contributed by atoms with Gasteiger partial charge in [0.2, 0.25) is 0 Å². The van der Waals surface area contributed by atoms with Crippen LogP contribution in [0.15, 0.2) is 48.5 Å². The molecule has 0 aliphatic carbocycles. The molecule has 1 aliphatic rings. The highest BCUT2D eigenvalue weighted by atomic mass is 19.1. The summed E-state index contributed by atoms with van der Waals surface area (Å²) < 4.78 is 18.3. The summed E-state index contributed by atoms with van der Waals surface area (Å²) in [6, 6.07) is 12.8. The topological polar surface area (TPSA) is 75.6 Å². The number of rotatable bonds is 4. The lowest BCUT2D eigenvalue weighted by Gasteiger charge is -2.33. The summed E-state index contributed by atoms with van der Waals surface area (Å²) in [5, 5.41) is 12.2. The van der Waals surface area contributed by atoms with Crippen LogP contribution < -0.4 is 5.32 Å². The SMILES string of the molecule is O=C(NC1(C(=O)O)CCOCC1)c1cccc(-c2ccc(F)cc2)c1. The number of benzene rings is 2. The number of carbonyl (C=O) groups is 2. The quantitative estimate of drug-likeness (QED) is 0.895. The number of amides is 1. The number of nitrogens with one attached hydrogen (secondary N) is 1. The van der Waals surface area contributed by atoms with E-state index in [9.17, 15) is 19.1 Å². The van der Waals surface area contributed by atoms with Crippen LogP contribution in [0.2, 0.25) is 0 Å². The highest BCUT2D eigenvalue weighted by molar-refractivity contribution is 5.98. The molecule has 1 amide bonds. The van der Waals surface area contributed by atoms with E-state index in [1.807, 2.05) is 6.07 Å². The predicted molar refractivity (Wildman–Crippen MR) is 89.7 cm³/mol. The van der Waals surface area contributed by atoms with E-state index >= 15 is 0 Å². The van der Waals surface area contributed by atoms with Crippen LogP contribution in [-0.2, 0) is 9.53 Å². The Bertz CT molecular complexity index is 782. The smallest absolute Gasteiger partial charge is 0.329 e. The molecule has 0 bridgehead atoms. The van der Waals surface area contributed by atoms with Crippen LogP contribution in [0.5, 0.6) is 0 Å². The molecule has 1 fully saturated rings. The maximum absolute atomic E-state index is 13.1. The number of hydrogen-bond acceptors (Lipinski definition) is 3. The minimum Gasteiger partial charge on any atom is -0.480 e. The molecule has 6 heteroatoms. The first kappa shape index (κ1) is 17.1. The van der Waals surface area contributed by atoms with Crippen LogP contribution in [0.4, 0.5) is 4.39 Å². The fourth-order valence-electron chi connectivity index (χ4n) is 2.88. The molecular weight excluding hydrogens is 325 g/mol. The van der Waals surface area contributed by atoms with Crippen molar-refractivity contribution in [3.05, 3.63) is 59.9 Å². The van der Waals surface area contributed by atoms with Crippen LogP contribution in [-0.4, -0.2) is 35.7 Å². The van der Waals surface area contributed by atoms with Crippen molar-refractivity contribution in [2.45, 2.75) is 18.4 Å². The fraction of sp³-hybridized carbons (Fsp3) is 0.263. The number of hydrogen-bond donors (Lipinski definition) is 2. The summed E-state index contributed by atoms with van der Waals surface area (Å²) in [6.07, 6.45) is 0.456. The number of carboxylic acids is 1. The molecule has 2 aromatic carbocycles. The molecule has 0 unspecified atom stereocenters. The van der Waals surface area contributed by atoms with Crippen molar-refractivity contribution in [1.29, 1.82) is 0 Å². The van der Waals surface area contributed by atoms with E-state index in [-0.39, 0.29) is 18.7 Å². The Morgan fingerprint density at radius 1 is 1.04 bits per heavy atom. The van der Waals surface area contributed by atoms with Gasteiger partial charge in [-0.1, -0.05) is 24.3 Å². The van der Waals surface area contributed by atoms with Crippen molar-refractivity contribution in [1.82, 2.24) is 5.32 Å². The van der Waals surface area contributed by atoms with Crippen LogP contribution in [0.1, 0.15) is 23.2 Å². The van der Waals surface area contributed by atoms with Gasteiger partial charge in [0.25, 0.3) is 5.91 Å². The number of aliphatic carboxylic acids is 1. The molecule has 25 heavy (non-hydrogen) atoms. The zero-order chi connectivity index (χ0) is 17.9. The Labute approximate surface area is 144 Å². The number of carboxylic acid groups (broad SMARTS) is 1. The van der Waals surface area contributed by atoms with Crippen molar-refractivity contribution >= 4 is 11.9 Å². The minimum atomic E-state index is -1.30. The Morgan fingerprint density at radius 2 is 1.72 bits per heavy atom. The standard InChI is InChI=1S/C19H18FNO4/c20-16-6-4-13(5-7-16)14-2-1-3-15(12-14)17(22)21-19(18(23)24)8-10-25-11-9-19/h1-7,12H,8-11H2,(H,21,22)(H,23,24). The number of halogens is 1. The number of carbonyl (C=O) groups excluding carboxylic acids is 1. The number of ether oxygens (including phenoxy) is 1. The van der Waals surface area contributed by atoms with Crippen molar-refractivity contribution in [3.8, 4) is 11.1 Å². The molecule has 3 rings (SSSR count). The van der Waals surface area contributed by atoms with E-state index in [2.05, 4.69) is 5.32 Å². The maximum atomic E-state index is 13.1. The van der Waals surface area contributed by atoms with Gasteiger partial charge in [0.15, 0.2) is 0 Å². The molecule has 2 aromatic rings. The van der Waals surface area contributed by atoms with E-state index in [0.29, 0.717) is 18.8 Å². The maximum Gasteiger partial charge on any atom is 0.329 e. The molecule has 5 nitrogen and oxygen atoms in total. The van der Waals surface area contributed by atoms with Gasteiger partial charge in [-0.2, -0.15) is 0 Å². The summed E-state index contributed by atoms with van der Waals surface area (Å²) in [7, 11) is 0. The zero-order valence-electron chi connectivity index (χ0n) is 13.5. The third-order valence-electron chi connectivity index (χ3n) is 4.41. The molecule has 1 heterocycles. The molecular formula is C19H18FNO4. The highest BCUT2D eigenvalue weighted by Gasteiger charge is 2.41. The molecule has 0 saturated carbocycles. The minimum absolute atomic E-state index is 0.228. The van der Waals surface area contributed by atoms with E-state index in [0.717, 1.165) is 11.1 Å². The van der Waals surface area contributed by atoms with Crippen molar-refractivity contribution in [3.63, 3.8) is 0 Å². The third kappa shape index (κ3) is 3.69. The van der Waals surface area contributed by atoms with Gasteiger partial charge in [-0.05, 0) is 35.4 Å². The van der Waals surface area contributed by atoms with Crippen LogP contribution >= 0.6 is 0 Å². The van der Waals surface area contributed by atoms with Crippen LogP contribution in [0, 0.1) is 5.82 Å². The second-order valence-electron chi connectivity index (χ2n) is 6.04. The molecule has 1 saturated heterocycles. The van der Waals surface area contributed by atoms with Crippen LogP contribution in [0.25, 0.3) is 11.1 Å². The van der Waals surface area contributed by atoms with Crippen molar-refractivity contribution < 1.29 is 23.8 Å². The lowest BCUT2D eigenvalue weighted by Crippen LogP contribution is -2.57. The summed E-state index contributed by atoms with van der Waals surface area (Å²) in [5.74, 6) is -1.84. The highest BCUT2D eigenvalue weighted by Crippen LogP contribution is 2.24. The predicted octanol–water partition coefficient (Wildman–Crippen LogP) is 2.86. The molecule has 1 aliphatic heterocycles. The van der Waals surface area contributed by atoms with Gasteiger partial charge in [0.1, 0.15) is 11.4 Å². The molecule has 130 valence electrons. The third-order valence-corrected chi connectivity index (χ3v) is 4.41. The summed E-state index contributed by atoms with van der Waals surface area (Å²) >= 11 is 0. The average Bonchev–Trinajstić information content (AvgIpc) is 2.63. The first-order valence-corrected chi connectivity index (χ1v) is 8.00. The van der Waals surface area contributed by atoms with E-state index in [1.54, 1.807) is 30.3 Å². The summed E-state index contributed by atoms with van der Waals surface area (Å²) in [5.41, 5.74) is 0.578. The van der Waals surface area contributed by atoms with Gasteiger partial charge in [-0.15, -0.1) is 0 Å². The van der Waals surface area contributed by atoms with Gasteiger partial charge in [-0.3, -0.25) is 4.79 Å².